The van der Waals surface area contributed by atoms with Crippen molar-refractivity contribution in [2.75, 3.05) is 39.4 Å². The van der Waals surface area contributed by atoms with Crippen LogP contribution in [0.3, 0.4) is 0 Å². The molecule has 10 heteroatoms. The molecule has 1 aliphatic rings. The summed E-state index contributed by atoms with van der Waals surface area (Å²) in [6.07, 6.45) is 4.68. The predicted molar refractivity (Wildman–Crippen MR) is 131 cm³/mol. The minimum Gasteiger partial charge on any atom is -0.493 e. The van der Waals surface area contributed by atoms with Crippen molar-refractivity contribution in [3.05, 3.63) is 63.8 Å². The molecule has 1 N–H and O–H groups in total. The molecule has 3 aromatic rings. The number of piperazine rings is 1. The monoisotopic (exact) mass is 501 g/mol. The van der Waals surface area contributed by atoms with E-state index in [1.54, 1.807) is 6.20 Å². The van der Waals surface area contributed by atoms with Crippen LogP contribution in [0, 0.1) is 0 Å². The van der Waals surface area contributed by atoms with Crippen LogP contribution in [0.2, 0.25) is 5.02 Å². The number of aromatic nitrogens is 1. The fraction of sp³-hybridized carbons (Fsp3) is 0.400. The largest absolute Gasteiger partial charge is 0.493 e. The molecule has 0 aliphatic carbocycles. The molecule has 0 radical (unpaired) electrons. The third-order valence-corrected chi connectivity index (χ3v) is 6.08. The summed E-state index contributed by atoms with van der Waals surface area (Å²) in [4.78, 5) is 31.1. The molecule has 1 amide bonds. The van der Waals surface area contributed by atoms with Gasteiger partial charge in [0, 0.05) is 48.9 Å². The number of halogens is 1. The summed E-state index contributed by atoms with van der Waals surface area (Å²) in [5.41, 5.74) is 0.581. The smallest absolute Gasteiger partial charge is 0.407 e. The number of benzene rings is 1. The first-order chi connectivity index (χ1) is 17.0. The highest BCUT2D eigenvalue weighted by Gasteiger charge is 2.21. The molecule has 35 heavy (non-hydrogen) atoms. The molecular formula is C25H28ClN3O6. The zero-order valence-electron chi connectivity index (χ0n) is 19.3. The molecule has 0 saturated carbocycles. The average molecular weight is 502 g/mol. The van der Waals surface area contributed by atoms with Crippen LogP contribution in [-0.2, 0) is 6.54 Å². The maximum absolute atomic E-state index is 12.4. The zero-order chi connectivity index (χ0) is 24.6. The van der Waals surface area contributed by atoms with Gasteiger partial charge in [0.2, 0.25) is 11.2 Å². The summed E-state index contributed by atoms with van der Waals surface area (Å²) < 4.78 is 17.1. The predicted octanol–water partition coefficient (Wildman–Crippen LogP) is 4.27. The Balaban J connectivity index is 1.15. The summed E-state index contributed by atoms with van der Waals surface area (Å²) in [5, 5.41) is 10.6. The fourth-order valence-electron chi connectivity index (χ4n) is 3.91. The van der Waals surface area contributed by atoms with Crippen molar-refractivity contribution in [3.8, 4) is 11.5 Å². The molecule has 2 aromatic heterocycles. The molecule has 4 rings (SSSR count). The quantitative estimate of drug-likeness (QED) is 0.411. The summed E-state index contributed by atoms with van der Waals surface area (Å²) >= 11 is 6.02. The first kappa shape index (κ1) is 24.8. The van der Waals surface area contributed by atoms with Gasteiger partial charge in [-0.15, -0.1) is 0 Å². The maximum atomic E-state index is 12.4. The van der Waals surface area contributed by atoms with Crippen molar-refractivity contribution in [1.82, 2.24) is 14.8 Å². The number of fused-ring (bicyclic) bond motifs is 1. The Kier molecular flexibility index (Phi) is 8.44. The van der Waals surface area contributed by atoms with E-state index in [1.807, 2.05) is 24.3 Å². The fourth-order valence-corrected chi connectivity index (χ4v) is 4.08. The lowest BCUT2D eigenvalue weighted by molar-refractivity contribution is 0.0994. The Morgan fingerprint density at radius 2 is 1.77 bits per heavy atom. The van der Waals surface area contributed by atoms with Crippen molar-refractivity contribution in [2.24, 2.45) is 0 Å². The molecule has 1 saturated heterocycles. The van der Waals surface area contributed by atoms with Crippen molar-refractivity contribution >= 4 is 28.6 Å². The molecule has 1 fully saturated rings. The third-order valence-electron chi connectivity index (χ3n) is 5.84. The lowest BCUT2D eigenvalue weighted by atomic mass is 10.2. The van der Waals surface area contributed by atoms with Gasteiger partial charge in [0.05, 0.1) is 25.3 Å². The number of hydrogen-bond acceptors (Lipinski definition) is 7. The second-order valence-electron chi connectivity index (χ2n) is 8.35. The Labute approximate surface area is 207 Å². The summed E-state index contributed by atoms with van der Waals surface area (Å²) in [6, 6.07) is 8.83. The summed E-state index contributed by atoms with van der Waals surface area (Å²) in [6.45, 7) is 3.53. The molecule has 3 heterocycles. The van der Waals surface area contributed by atoms with Crippen LogP contribution in [0.5, 0.6) is 11.5 Å². The van der Waals surface area contributed by atoms with Gasteiger partial charge in [-0.2, -0.15) is 0 Å². The van der Waals surface area contributed by atoms with Gasteiger partial charge in [0.25, 0.3) is 0 Å². The highest BCUT2D eigenvalue weighted by Crippen LogP contribution is 2.26. The van der Waals surface area contributed by atoms with Crippen LogP contribution < -0.4 is 14.9 Å². The minimum atomic E-state index is -0.904. The van der Waals surface area contributed by atoms with E-state index >= 15 is 0 Å². The Morgan fingerprint density at radius 3 is 2.49 bits per heavy atom. The van der Waals surface area contributed by atoms with Crippen molar-refractivity contribution in [1.29, 1.82) is 0 Å². The van der Waals surface area contributed by atoms with E-state index in [4.69, 9.17) is 30.6 Å². The van der Waals surface area contributed by atoms with E-state index in [2.05, 4.69) is 9.88 Å². The van der Waals surface area contributed by atoms with Gasteiger partial charge in [0.1, 0.15) is 17.8 Å². The van der Waals surface area contributed by atoms with Crippen LogP contribution in [0.1, 0.15) is 25.0 Å². The Hall–Kier alpha value is -3.30. The summed E-state index contributed by atoms with van der Waals surface area (Å²) in [7, 11) is 0. The molecule has 0 spiro atoms. The number of unbranched alkanes of at least 4 members (excludes halogenated alkanes) is 2. The number of rotatable bonds is 10. The van der Waals surface area contributed by atoms with E-state index in [0.717, 1.165) is 35.9 Å². The number of hydrogen-bond donors (Lipinski definition) is 1. The van der Waals surface area contributed by atoms with E-state index in [-0.39, 0.29) is 11.2 Å². The highest BCUT2D eigenvalue weighted by atomic mass is 35.5. The van der Waals surface area contributed by atoms with Crippen LogP contribution in [0.25, 0.3) is 10.9 Å². The van der Waals surface area contributed by atoms with Crippen LogP contribution >= 0.6 is 11.6 Å². The molecule has 0 bridgehead atoms. The lowest BCUT2D eigenvalue weighted by Gasteiger charge is -2.32. The van der Waals surface area contributed by atoms with E-state index in [0.29, 0.717) is 56.7 Å². The van der Waals surface area contributed by atoms with Gasteiger partial charge >= 0.3 is 6.09 Å². The minimum absolute atomic E-state index is 0.197. The summed E-state index contributed by atoms with van der Waals surface area (Å²) in [5.74, 6) is 1.51. The number of ether oxygens (including phenoxy) is 2. The second kappa shape index (κ2) is 11.9. The normalized spacial score (nSPS) is 14.3. The second-order valence-corrected chi connectivity index (χ2v) is 8.79. The van der Waals surface area contributed by atoms with Gasteiger partial charge in [-0.25, -0.2) is 4.79 Å². The van der Waals surface area contributed by atoms with Gasteiger partial charge in [-0.1, -0.05) is 11.6 Å². The highest BCUT2D eigenvalue weighted by molar-refractivity contribution is 6.31. The van der Waals surface area contributed by atoms with E-state index in [9.17, 15) is 9.59 Å². The van der Waals surface area contributed by atoms with E-state index < -0.39 is 6.09 Å². The molecule has 1 aliphatic heterocycles. The number of pyridine rings is 1. The van der Waals surface area contributed by atoms with E-state index in [1.165, 1.54) is 17.2 Å². The molecular weight excluding hydrogens is 474 g/mol. The number of amides is 1. The zero-order valence-corrected chi connectivity index (χ0v) is 20.1. The molecule has 0 unspecified atom stereocenters. The molecule has 186 valence electrons. The number of carboxylic acid groups (broad SMARTS) is 1. The van der Waals surface area contributed by atoms with Crippen molar-refractivity contribution in [2.45, 2.75) is 25.8 Å². The van der Waals surface area contributed by atoms with Crippen LogP contribution in [-0.4, -0.2) is 65.4 Å². The number of carbonyl (C=O) groups is 1. The van der Waals surface area contributed by atoms with Gasteiger partial charge in [-0.3, -0.25) is 14.7 Å². The Morgan fingerprint density at radius 1 is 1.03 bits per heavy atom. The standard InChI is InChI=1S/C25H28ClN3O6/c26-18-4-5-20-21(14-18)27-7-6-23(20)33-12-2-1-3-13-34-24-17-35-19(15-22(24)30)16-28-8-10-29(11-9-28)25(31)32/h4-7,14-15,17H,1-3,8-13,16H2,(H,31,32). The lowest BCUT2D eigenvalue weighted by Crippen LogP contribution is -2.47. The average Bonchev–Trinajstić information content (AvgIpc) is 2.84. The number of nitrogens with zero attached hydrogens (tertiary/aromatic N) is 3. The molecule has 9 nitrogen and oxygen atoms in total. The first-order valence-electron chi connectivity index (χ1n) is 11.6. The van der Waals surface area contributed by atoms with Crippen molar-refractivity contribution in [3.63, 3.8) is 0 Å². The van der Waals surface area contributed by atoms with Gasteiger partial charge < -0.3 is 23.9 Å². The molecule has 1 aromatic carbocycles. The first-order valence-corrected chi connectivity index (χ1v) is 12.0. The molecule has 0 atom stereocenters. The Bertz CT molecular complexity index is 1210. The topological polar surface area (TPSA) is 105 Å². The maximum Gasteiger partial charge on any atom is 0.407 e. The van der Waals surface area contributed by atoms with Gasteiger partial charge in [-0.05, 0) is 43.5 Å². The van der Waals surface area contributed by atoms with Crippen molar-refractivity contribution < 1.29 is 23.8 Å². The third kappa shape index (κ3) is 6.86. The van der Waals surface area contributed by atoms with Crippen LogP contribution in [0.4, 0.5) is 4.79 Å². The van der Waals surface area contributed by atoms with Gasteiger partial charge in [0.15, 0.2) is 0 Å². The SMILES string of the molecule is O=C(O)N1CCN(Cc2cc(=O)c(OCCCCCOc3ccnc4cc(Cl)ccc34)co2)CC1. The van der Waals surface area contributed by atoms with Crippen LogP contribution in [0.15, 0.2) is 52.0 Å².